The fraction of sp³-hybridized carbons (Fsp3) is 0.421. The summed E-state index contributed by atoms with van der Waals surface area (Å²) < 4.78 is 51.3. The number of hydrogen-bond donors (Lipinski definition) is 1. The minimum absolute atomic E-state index is 0.0191. The summed E-state index contributed by atoms with van der Waals surface area (Å²) in [6.07, 6.45) is -2.77. The Morgan fingerprint density at radius 3 is 2.74 bits per heavy atom. The Kier molecular flexibility index (Phi) is 6.14. The van der Waals surface area contributed by atoms with Crippen molar-refractivity contribution in [1.29, 1.82) is 0 Å². The van der Waals surface area contributed by atoms with E-state index < -0.39 is 24.0 Å². The summed E-state index contributed by atoms with van der Waals surface area (Å²) in [6, 6.07) is 9.36. The monoisotopic (exact) mass is 445 g/mol. The lowest BCUT2D eigenvalue weighted by Gasteiger charge is -2.33. The molecule has 1 aromatic carbocycles. The molecule has 3 rings (SSSR count). The lowest BCUT2D eigenvalue weighted by Crippen LogP contribution is -2.47. The largest absolute Gasteiger partial charge is 0.486 e. The van der Waals surface area contributed by atoms with Crippen LogP contribution in [0.5, 0.6) is 5.75 Å². The Morgan fingerprint density at radius 2 is 2.00 bits per heavy atom. The topological polar surface area (TPSA) is 51.5 Å². The van der Waals surface area contributed by atoms with Gasteiger partial charge >= 0.3 is 6.18 Å². The van der Waals surface area contributed by atoms with Crippen molar-refractivity contribution >= 4 is 21.8 Å². The van der Waals surface area contributed by atoms with E-state index in [2.05, 4.69) is 21.2 Å². The van der Waals surface area contributed by atoms with E-state index in [0.717, 1.165) is 4.47 Å². The normalized spacial score (nSPS) is 20.3. The fourth-order valence-electron chi connectivity index (χ4n) is 3.22. The van der Waals surface area contributed by atoms with E-state index in [0.29, 0.717) is 30.8 Å². The maximum atomic E-state index is 13.1. The standard InChI is InChI=1S/C19H19BrF3NO3/c20-12-4-3-5-13(10-12)26-11-14-8-9-17(27-14)18(25)24-16-7-2-1-6-15(16)19(21,22)23/h3-5,8-10,15-16H,1-2,6-7,11H2,(H,24,25). The van der Waals surface area contributed by atoms with Crippen LogP contribution in [-0.4, -0.2) is 18.1 Å². The number of furan rings is 1. The molecule has 8 heteroatoms. The third-order valence-electron chi connectivity index (χ3n) is 4.57. The van der Waals surface area contributed by atoms with Crippen LogP contribution in [-0.2, 0) is 6.61 Å². The van der Waals surface area contributed by atoms with Gasteiger partial charge in [0.25, 0.3) is 5.91 Å². The van der Waals surface area contributed by atoms with E-state index in [1.165, 1.54) is 6.07 Å². The number of rotatable bonds is 5. The first kappa shape index (κ1) is 19.8. The van der Waals surface area contributed by atoms with Gasteiger partial charge in [-0.1, -0.05) is 34.8 Å². The van der Waals surface area contributed by atoms with Crippen LogP contribution in [0.2, 0.25) is 0 Å². The van der Waals surface area contributed by atoms with Gasteiger partial charge in [-0.05, 0) is 43.2 Å². The molecule has 0 bridgehead atoms. The summed E-state index contributed by atoms with van der Waals surface area (Å²) in [6.45, 7) is 0.109. The molecule has 0 spiro atoms. The number of alkyl halides is 3. The molecule has 146 valence electrons. The molecule has 0 radical (unpaired) electrons. The van der Waals surface area contributed by atoms with Gasteiger partial charge in [0, 0.05) is 10.5 Å². The molecular formula is C19H19BrF3NO3. The summed E-state index contributed by atoms with van der Waals surface area (Å²) in [5, 5.41) is 2.49. The molecule has 27 heavy (non-hydrogen) atoms. The smallest absolute Gasteiger partial charge is 0.393 e. The molecule has 0 aliphatic heterocycles. The van der Waals surface area contributed by atoms with Crippen molar-refractivity contribution in [3.05, 3.63) is 52.4 Å². The third-order valence-corrected chi connectivity index (χ3v) is 5.06. The summed E-state index contributed by atoms with van der Waals surface area (Å²) in [7, 11) is 0. The highest BCUT2D eigenvalue weighted by atomic mass is 79.9. The van der Waals surface area contributed by atoms with E-state index in [9.17, 15) is 18.0 Å². The molecule has 2 unspecified atom stereocenters. The van der Waals surface area contributed by atoms with Crippen LogP contribution in [0.25, 0.3) is 0 Å². The van der Waals surface area contributed by atoms with Gasteiger partial charge in [0.2, 0.25) is 0 Å². The number of benzene rings is 1. The van der Waals surface area contributed by atoms with Crippen LogP contribution in [0.1, 0.15) is 42.0 Å². The van der Waals surface area contributed by atoms with E-state index in [1.54, 1.807) is 18.2 Å². The van der Waals surface area contributed by atoms with Crippen LogP contribution >= 0.6 is 15.9 Å². The second kappa shape index (κ2) is 8.37. The Labute approximate surface area is 163 Å². The molecule has 1 N–H and O–H groups in total. The highest BCUT2D eigenvalue weighted by molar-refractivity contribution is 9.10. The van der Waals surface area contributed by atoms with Crippen LogP contribution in [0.3, 0.4) is 0 Å². The quantitative estimate of drug-likeness (QED) is 0.663. The van der Waals surface area contributed by atoms with E-state index >= 15 is 0 Å². The lowest BCUT2D eigenvalue weighted by molar-refractivity contribution is -0.187. The molecule has 1 aromatic heterocycles. The SMILES string of the molecule is O=C(NC1CCCCC1C(F)(F)F)c1ccc(COc2cccc(Br)c2)o1. The van der Waals surface area contributed by atoms with Crippen molar-refractivity contribution in [3.8, 4) is 5.75 Å². The minimum Gasteiger partial charge on any atom is -0.486 e. The molecular weight excluding hydrogens is 427 g/mol. The van der Waals surface area contributed by atoms with Crippen molar-refractivity contribution < 1.29 is 27.1 Å². The number of carbonyl (C=O) groups excluding carboxylic acids is 1. The van der Waals surface area contributed by atoms with Gasteiger partial charge < -0.3 is 14.5 Å². The summed E-state index contributed by atoms with van der Waals surface area (Å²) in [5.41, 5.74) is 0. The summed E-state index contributed by atoms with van der Waals surface area (Å²) in [4.78, 5) is 12.3. The Balaban J connectivity index is 1.59. The predicted molar refractivity (Wildman–Crippen MR) is 96.4 cm³/mol. The maximum absolute atomic E-state index is 13.1. The second-order valence-corrected chi connectivity index (χ2v) is 7.44. The van der Waals surface area contributed by atoms with Crippen molar-refractivity contribution in [2.75, 3.05) is 0 Å². The molecule has 1 amide bonds. The molecule has 4 nitrogen and oxygen atoms in total. The van der Waals surface area contributed by atoms with Crippen LogP contribution < -0.4 is 10.1 Å². The Bertz CT molecular complexity index is 791. The number of ether oxygens (including phenoxy) is 1. The van der Waals surface area contributed by atoms with Crippen molar-refractivity contribution in [3.63, 3.8) is 0 Å². The van der Waals surface area contributed by atoms with Gasteiger partial charge in [-0.2, -0.15) is 13.2 Å². The highest BCUT2D eigenvalue weighted by Gasteiger charge is 2.46. The molecule has 0 saturated heterocycles. The van der Waals surface area contributed by atoms with Crippen molar-refractivity contribution in [2.24, 2.45) is 5.92 Å². The number of halogens is 4. The number of nitrogens with one attached hydrogen (secondary N) is 1. The molecule has 1 saturated carbocycles. The first-order chi connectivity index (χ1) is 12.8. The van der Waals surface area contributed by atoms with Crippen molar-refractivity contribution in [1.82, 2.24) is 5.32 Å². The molecule has 1 fully saturated rings. The zero-order valence-electron chi connectivity index (χ0n) is 14.4. The van der Waals surface area contributed by atoms with Gasteiger partial charge in [0.1, 0.15) is 18.1 Å². The molecule has 1 aliphatic carbocycles. The Hall–Kier alpha value is -1.96. The van der Waals surface area contributed by atoms with Crippen LogP contribution in [0.15, 0.2) is 45.3 Å². The van der Waals surface area contributed by atoms with Gasteiger partial charge in [0.05, 0.1) is 5.92 Å². The number of carbonyl (C=O) groups is 1. The molecule has 2 aromatic rings. The second-order valence-electron chi connectivity index (χ2n) is 6.52. The van der Waals surface area contributed by atoms with Gasteiger partial charge in [-0.15, -0.1) is 0 Å². The predicted octanol–water partition coefficient (Wildman–Crippen LogP) is 5.47. The summed E-state index contributed by atoms with van der Waals surface area (Å²) in [5.74, 6) is -1.12. The summed E-state index contributed by atoms with van der Waals surface area (Å²) >= 11 is 3.34. The zero-order chi connectivity index (χ0) is 19.4. The van der Waals surface area contributed by atoms with Gasteiger partial charge in [0.15, 0.2) is 5.76 Å². The van der Waals surface area contributed by atoms with E-state index in [-0.39, 0.29) is 18.8 Å². The van der Waals surface area contributed by atoms with Gasteiger partial charge in [-0.25, -0.2) is 0 Å². The van der Waals surface area contributed by atoms with Gasteiger partial charge in [-0.3, -0.25) is 4.79 Å². The van der Waals surface area contributed by atoms with E-state index in [1.807, 2.05) is 12.1 Å². The Morgan fingerprint density at radius 1 is 1.22 bits per heavy atom. The first-order valence-corrected chi connectivity index (χ1v) is 9.47. The van der Waals surface area contributed by atoms with Crippen LogP contribution in [0, 0.1) is 5.92 Å². The average Bonchev–Trinajstić information content (AvgIpc) is 3.09. The van der Waals surface area contributed by atoms with E-state index in [4.69, 9.17) is 9.15 Å². The molecule has 1 heterocycles. The first-order valence-electron chi connectivity index (χ1n) is 8.67. The maximum Gasteiger partial charge on any atom is 0.393 e. The van der Waals surface area contributed by atoms with Crippen LogP contribution in [0.4, 0.5) is 13.2 Å². The lowest BCUT2D eigenvalue weighted by atomic mass is 9.84. The number of amides is 1. The zero-order valence-corrected chi connectivity index (χ0v) is 16.0. The average molecular weight is 446 g/mol. The molecule has 1 aliphatic rings. The third kappa shape index (κ3) is 5.28. The number of hydrogen-bond acceptors (Lipinski definition) is 3. The minimum atomic E-state index is -4.31. The molecule has 2 atom stereocenters. The fourth-order valence-corrected chi connectivity index (χ4v) is 3.60. The highest BCUT2D eigenvalue weighted by Crippen LogP contribution is 2.37. The van der Waals surface area contributed by atoms with Crippen molar-refractivity contribution in [2.45, 2.75) is 44.5 Å².